The lowest BCUT2D eigenvalue weighted by Gasteiger charge is -1.93. The fourth-order valence-electron chi connectivity index (χ4n) is 0.620. The highest BCUT2D eigenvalue weighted by atomic mass is 32.2. The van der Waals surface area contributed by atoms with E-state index in [4.69, 9.17) is 0 Å². The largest absolute Gasteiger partial charge is 0.333 e. The molecule has 2 N–H and O–H groups in total. The fourth-order valence-corrected chi connectivity index (χ4v) is 1.09. The van der Waals surface area contributed by atoms with E-state index in [0.29, 0.717) is 0 Å². The van der Waals surface area contributed by atoms with Gasteiger partial charge in [0.25, 0.3) is 0 Å². The van der Waals surface area contributed by atoms with E-state index in [1.165, 1.54) is 12.6 Å². The summed E-state index contributed by atoms with van der Waals surface area (Å²) in [6.45, 7) is 6.07. The smallest absolute Gasteiger partial charge is 0.0959 e. The Balaban J connectivity index is 0. The van der Waals surface area contributed by atoms with Crippen molar-refractivity contribution in [3.05, 3.63) is 23.9 Å². The van der Waals surface area contributed by atoms with Crippen molar-refractivity contribution in [2.75, 3.05) is 13.3 Å². The maximum atomic E-state index is 4.50. The van der Waals surface area contributed by atoms with Gasteiger partial charge in [-0.3, -0.25) is 0 Å². The van der Waals surface area contributed by atoms with Crippen LogP contribution in [0.5, 0.6) is 0 Å². The Morgan fingerprint density at radius 1 is 1.31 bits per heavy atom. The van der Waals surface area contributed by atoms with Crippen molar-refractivity contribution in [2.24, 2.45) is 5.73 Å². The molecule has 0 saturated carbocycles. The first-order chi connectivity index (χ1) is 6.33. The molecule has 0 radical (unpaired) electrons. The summed E-state index contributed by atoms with van der Waals surface area (Å²) in [7, 11) is 1.50. The van der Waals surface area contributed by atoms with E-state index in [0.717, 1.165) is 5.03 Å². The molecule has 0 aliphatic carbocycles. The molecule has 0 aliphatic heterocycles. The molecule has 0 bridgehead atoms. The average molecular weight is 200 g/mol. The number of nitrogens with two attached hydrogens (primary N) is 1. The second kappa shape index (κ2) is 11.5. The Labute approximate surface area is 86.0 Å². The molecule has 1 rings (SSSR count). The SMILES string of the molecule is CC.CN.CSc1cc(C)ccn1. The molecule has 0 unspecified atom stereocenters. The molecule has 0 fully saturated rings. The number of hydrogen-bond acceptors (Lipinski definition) is 3. The normalized spacial score (nSPS) is 7.54. The first-order valence-corrected chi connectivity index (χ1v) is 5.60. The molecule has 2 nitrogen and oxygen atoms in total. The molecule has 0 spiro atoms. The zero-order chi connectivity index (χ0) is 10.7. The molecule has 1 aromatic rings. The predicted octanol–water partition coefficient (Wildman–Crippen LogP) is 2.71. The van der Waals surface area contributed by atoms with Crippen LogP contribution in [0.4, 0.5) is 0 Å². The Morgan fingerprint density at radius 2 is 1.85 bits per heavy atom. The molecule has 0 amide bonds. The first kappa shape index (κ1) is 15.0. The van der Waals surface area contributed by atoms with Crippen LogP contribution >= 0.6 is 11.8 Å². The van der Waals surface area contributed by atoms with Gasteiger partial charge in [0.1, 0.15) is 0 Å². The molecule has 1 aromatic heterocycles. The van der Waals surface area contributed by atoms with Gasteiger partial charge >= 0.3 is 0 Å². The van der Waals surface area contributed by atoms with Gasteiger partial charge in [-0.05, 0) is 37.9 Å². The second-order valence-corrected chi connectivity index (χ2v) is 2.70. The molecular formula is C10H20N2S. The summed E-state index contributed by atoms with van der Waals surface area (Å²) < 4.78 is 0. The van der Waals surface area contributed by atoms with Gasteiger partial charge in [-0.25, -0.2) is 4.98 Å². The van der Waals surface area contributed by atoms with Crippen LogP contribution in [0, 0.1) is 6.92 Å². The van der Waals surface area contributed by atoms with Gasteiger partial charge in [-0.1, -0.05) is 13.8 Å². The molecule has 0 aliphatic rings. The fraction of sp³-hybridized carbons (Fsp3) is 0.500. The Kier molecular flexibility index (Phi) is 13.2. The number of aromatic nitrogens is 1. The zero-order valence-corrected chi connectivity index (χ0v) is 9.98. The van der Waals surface area contributed by atoms with Crippen LogP contribution < -0.4 is 5.73 Å². The van der Waals surface area contributed by atoms with Gasteiger partial charge in [0.05, 0.1) is 5.03 Å². The van der Waals surface area contributed by atoms with Gasteiger partial charge in [0, 0.05) is 6.20 Å². The van der Waals surface area contributed by atoms with Gasteiger partial charge in [-0.2, -0.15) is 0 Å². The van der Waals surface area contributed by atoms with E-state index in [9.17, 15) is 0 Å². The third-order valence-corrected chi connectivity index (χ3v) is 1.74. The van der Waals surface area contributed by atoms with E-state index >= 15 is 0 Å². The molecule has 76 valence electrons. The van der Waals surface area contributed by atoms with Crippen molar-refractivity contribution < 1.29 is 0 Å². The molecule has 0 atom stereocenters. The van der Waals surface area contributed by atoms with Gasteiger partial charge < -0.3 is 5.73 Å². The summed E-state index contributed by atoms with van der Waals surface area (Å²) >= 11 is 1.67. The van der Waals surface area contributed by atoms with Crippen molar-refractivity contribution >= 4 is 11.8 Å². The number of aryl methyl sites for hydroxylation is 1. The summed E-state index contributed by atoms with van der Waals surface area (Å²) in [4.78, 5) is 4.12. The lowest BCUT2D eigenvalue weighted by molar-refractivity contribution is 1.12. The lowest BCUT2D eigenvalue weighted by atomic mass is 10.3. The van der Waals surface area contributed by atoms with Crippen LogP contribution in [-0.2, 0) is 0 Å². The third kappa shape index (κ3) is 7.81. The third-order valence-electron chi connectivity index (χ3n) is 1.10. The van der Waals surface area contributed by atoms with Gasteiger partial charge in [0.2, 0.25) is 0 Å². The highest BCUT2D eigenvalue weighted by Crippen LogP contribution is 2.10. The van der Waals surface area contributed by atoms with Crippen LogP contribution in [0.25, 0.3) is 0 Å². The monoisotopic (exact) mass is 200 g/mol. The minimum atomic E-state index is 1.09. The van der Waals surface area contributed by atoms with Crippen LogP contribution in [0.15, 0.2) is 23.4 Å². The number of nitrogens with zero attached hydrogens (tertiary/aromatic N) is 1. The van der Waals surface area contributed by atoms with E-state index < -0.39 is 0 Å². The predicted molar refractivity (Wildman–Crippen MR) is 62.2 cm³/mol. The Hall–Kier alpha value is -0.540. The standard InChI is InChI=1S/C7H9NS.C2H6.CH5N/c1-6-3-4-8-7(5-6)9-2;2*1-2/h3-5H,1-2H3;1-2H3;2H2,1H3. The van der Waals surface area contributed by atoms with Crippen molar-refractivity contribution in [1.82, 2.24) is 4.98 Å². The molecule has 0 saturated heterocycles. The number of thioether (sulfide) groups is 1. The van der Waals surface area contributed by atoms with E-state index in [-0.39, 0.29) is 0 Å². The van der Waals surface area contributed by atoms with Gasteiger partial charge in [-0.15, -0.1) is 11.8 Å². The molecule has 3 heteroatoms. The Morgan fingerprint density at radius 3 is 2.15 bits per heavy atom. The summed E-state index contributed by atoms with van der Waals surface area (Å²) in [6.07, 6.45) is 3.86. The van der Waals surface area contributed by atoms with Crippen LogP contribution in [0.1, 0.15) is 19.4 Å². The summed E-state index contributed by atoms with van der Waals surface area (Å²) in [5, 5.41) is 1.09. The lowest BCUT2D eigenvalue weighted by Crippen LogP contribution is -1.77. The molecule has 13 heavy (non-hydrogen) atoms. The zero-order valence-electron chi connectivity index (χ0n) is 9.16. The molecular weight excluding hydrogens is 180 g/mol. The average Bonchev–Trinajstić information content (AvgIpc) is 2.24. The van der Waals surface area contributed by atoms with E-state index in [2.05, 4.69) is 23.7 Å². The second-order valence-electron chi connectivity index (χ2n) is 1.88. The maximum Gasteiger partial charge on any atom is 0.0959 e. The number of pyridine rings is 1. The number of hydrogen-bond donors (Lipinski definition) is 1. The van der Waals surface area contributed by atoms with Crippen LogP contribution in [-0.4, -0.2) is 18.3 Å². The number of rotatable bonds is 1. The minimum Gasteiger partial charge on any atom is -0.333 e. The molecule has 1 heterocycles. The summed E-state index contributed by atoms with van der Waals surface area (Å²) in [6, 6.07) is 4.07. The van der Waals surface area contributed by atoms with Crippen molar-refractivity contribution in [1.29, 1.82) is 0 Å². The molecule has 0 aromatic carbocycles. The van der Waals surface area contributed by atoms with E-state index in [1.807, 2.05) is 32.4 Å². The summed E-state index contributed by atoms with van der Waals surface area (Å²) in [5.41, 5.74) is 5.77. The van der Waals surface area contributed by atoms with Crippen LogP contribution in [0.2, 0.25) is 0 Å². The topological polar surface area (TPSA) is 38.9 Å². The van der Waals surface area contributed by atoms with Crippen molar-refractivity contribution in [3.63, 3.8) is 0 Å². The van der Waals surface area contributed by atoms with Crippen LogP contribution in [0.3, 0.4) is 0 Å². The van der Waals surface area contributed by atoms with Crippen molar-refractivity contribution in [2.45, 2.75) is 25.8 Å². The maximum absolute atomic E-state index is 4.50. The first-order valence-electron chi connectivity index (χ1n) is 4.37. The van der Waals surface area contributed by atoms with Crippen molar-refractivity contribution in [3.8, 4) is 0 Å². The highest BCUT2D eigenvalue weighted by Gasteiger charge is 1.88. The highest BCUT2D eigenvalue weighted by molar-refractivity contribution is 7.98. The van der Waals surface area contributed by atoms with Gasteiger partial charge in [0.15, 0.2) is 0 Å². The summed E-state index contributed by atoms with van der Waals surface area (Å²) in [5.74, 6) is 0. The minimum absolute atomic E-state index is 1.09. The quantitative estimate of drug-likeness (QED) is 0.708. The van der Waals surface area contributed by atoms with E-state index in [1.54, 1.807) is 11.8 Å². The Bertz CT molecular complexity index is 202.